The molecule has 35 heavy (non-hydrogen) atoms. The molecule has 2 aliphatic rings. The summed E-state index contributed by atoms with van der Waals surface area (Å²) in [6.45, 7) is 23.5. The van der Waals surface area contributed by atoms with E-state index in [1.54, 1.807) is 4.90 Å². The van der Waals surface area contributed by atoms with Gasteiger partial charge in [-0.05, 0) is 36.0 Å². The molecular formula is C27H49N3O4S. The second kappa shape index (κ2) is 10.1. The number of ether oxygens (including phenoxy) is 1. The largest absolute Gasteiger partial charge is 0.467 e. The van der Waals surface area contributed by atoms with Crippen molar-refractivity contribution in [3.8, 4) is 0 Å². The fourth-order valence-corrected chi connectivity index (χ4v) is 6.52. The summed E-state index contributed by atoms with van der Waals surface area (Å²) in [6, 6.07) is -1.72. The Morgan fingerprint density at radius 1 is 1.09 bits per heavy atom. The average molecular weight is 512 g/mol. The number of carbonyl (C=O) groups excluding carboxylic acids is 3. The summed E-state index contributed by atoms with van der Waals surface area (Å²) < 4.78 is 5.15. The number of likely N-dealkylation sites (tertiary alicyclic amines) is 1. The minimum atomic E-state index is -0.770. The first kappa shape index (κ1) is 29.8. The summed E-state index contributed by atoms with van der Waals surface area (Å²) in [5, 5.41) is 6.17. The number of piperidine rings is 1. The molecule has 0 aromatic carbocycles. The third-order valence-corrected chi connectivity index (χ3v) is 9.07. The van der Waals surface area contributed by atoms with E-state index in [1.807, 2.05) is 32.5 Å². The van der Waals surface area contributed by atoms with Crippen molar-refractivity contribution in [2.24, 2.45) is 28.6 Å². The molecule has 1 saturated carbocycles. The number of hydrogen-bond donors (Lipinski definition) is 2. The highest BCUT2D eigenvalue weighted by atomic mass is 32.2. The fourth-order valence-electron chi connectivity index (χ4n) is 5.58. The Balaban J connectivity index is 2.21. The van der Waals surface area contributed by atoms with E-state index in [1.165, 1.54) is 7.11 Å². The molecule has 0 aromatic rings. The number of rotatable bonds is 8. The van der Waals surface area contributed by atoms with Crippen molar-refractivity contribution >= 4 is 29.7 Å². The quantitative estimate of drug-likeness (QED) is 0.462. The Kier molecular flexibility index (Phi) is 8.63. The Hall–Kier alpha value is -1.44. The first-order valence-corrected chi connectivity index (χ1v) is 13.8. The molecule has 2 fully saturated rings. The number of carbonyl (C=O) groups is 3. The maximum Gasteiger partial charge on any atom is 0.328 e. The van der Waals surface area contributed by atoms with Crippen molar-refractivity contribution in [1.29, 1.82) is 0 Å². The number of hydrogen-bond acceptors (Lipinski definition) is 5. The molecule has 1 heterocycles. The monoisotopic (exact) mass is 511 g/mol. The van der Waals surface area contributed by atoms with Crippen LogP contribution in [0.5, 0.6) is 0 Å². The molecule has 0 spiro atoms. The van der Waals surface area contributed by atoms with Crippen LogP contribution < -0.4 is 10.6 Å². The summed E-state index contributed by atoms with van der Waals surface area (Å²) in [4.78, 5) is 41.4. The van der Waals surface area contributed by atoms with Gasteiger partial charge in [0.1, 0.15) is 12.1 Å². The molecule has 1 aliphatic heterocycles. The summed E-state index contributed by atoms with van der Waals surface area (Å²) in [6.07, 6.45) is 0.826. The fraction of sp³-hybridized carbons (Fsp3) is 0.889. The zero-order chi connectivity index (χ0) is 27.1. The normalized spacial score (nSPS) is 26.0. The summed E-state index contributed by atoms with van der Waals surface area (Å²) in [5.41, 5.74) is -0.942. The van der Waals surface area contributed by atoms with Gasteiger partial charge in [-0.2, -0.15) is 11.8 Å². The highest BCUT2D eigenvalue weighted by Crippen LogP contribution is 2.65. The SMILES string of the molecule is COC(=O)[C@@H]1C2C(CN1C(=O)[C@@H](NC(=O)N[C@](C)(CSC(C)(C)C)CC(C)C)C(C)(C)C)C2(C)C. The van der Waals surface area contributed by atoms with E-state index in [-0.39, 0.29) is 39.9 Å². The molecule has 5 atom stereocenters. The van der Waals surface area contributed by atoms with Gasteiger partial charge in [-0.15, -0.1) is 0 Å². The van der Waals surface area contributed by atoms with Gasteiger partial charge in [0.25, 0.3) is 0 Å². The van der Waals surface area contributed by atoms with Crippen LogP contribution in [-0.4, -0.2) is 64.6 Å². The molecule has 3 amide bonds. The molecule has 1 aliphatic carbocycles. The average Bonchev–Trinajstić information content (AvgIpc) is 3.02. The van der Waals surface area contributed by atoms with E-state index in [9.17, 15) is 14.4 Å². The first-order valence-electron chi connectivity index (χ1n) is 12.8. The van der Waals surface area contributed by atoms with Gasteiger partial charge >= 0.3 is 12.0 Å². The van der Waals surface area contributed by atoms with Crippen LogP contribution in [0.3, 0.4) is 0 Å². The molecule has 0 aromatic heterocycles. The number of nitrogens with zero attached hydrogens (tertiary/aromatic N) is 1. The third kappa shape index (κ3) is 7.07. The predicted molar refractivity (Wildman–Crippen MR) is 143 cm³/mol. The van der Waals surface area contributed by atoms with Crippen molar-refractivity contribution in [3.63, 3.8) is 0 Å². The Labute approximate surface area is 217 Å². The number of esters is 1. The van der Waals surface area contributed by atoms with Crippen LogP contribution in [-0.2, 0) is 14.3 Å². The van der Waals surface area contributed by atoms with Gasteiger partial charge in [0.05, 0.1) is 7.11 Å². The zero-order valence-corrected chi connectivity index (χ0v) is 24.8. The molecule has 0 bridgehead atoms. The van der Waals surface area contributed by atoms with E-state index in [2.05, 4.69) is 66.0 Å². The Morgan fingerprint density at radius 2 is 1.66 bits per heavy atom. The lowest BCUT2D eigenvalue weighted by atomic mass is 9.85. The molecule has 202 valence electrons. The molecule has 8 heteroatoms. The van der Waals surface area contributed by atoms with E-state index in [4.69, 9.17) is 4.74 Å². The van der Waals surface area contributed by atoms with E-state index < -0.39 is 23.0 Å². The predicted octanol–water partition coefficient (Wildman–Crippen LogP) is 4.69. The van der Waals surface area contributed by atoms with Gasteiger partial charge in [-0.25, -0.2) is 9.59 Å². The summed E-state index contributed by atoms with van der Waals surface area (Å²) in [7, 11) is 1.37. The molecule has 7 nitrogen and oxygen atoms in total. The number of thioether (sulfide) groups is 1. The minimum absolute atomic E-state index is 0.0149. The maximum absolute atomic E-state index is 13.8. The first-order chi connectivity index (χ1) is 15.7. The number of amides is 3. The van der Waals surface area contributed by atoms with Crippen molar-refractivity contribution in [3.05, 3.63) is 0 Å². The molecule has 2 N–H and O–H groups in total. The lowest BCUT2D eigenvalue weighted by Gasteiger charge is -2.39. The maximum atomic E-state index is 13.8. The second-order valence-electron chi connectivity index (χ2n) is 13.9. The number of methoxy groups -OCH3 is 1. The summed E-state index contributed by atoms with van der Waals surface area (Å²) >= 11 is 1.82. The lowest BCUT2D eigenvalue weighted by Crippen LogP contribution is -2.62. The van der Waals surface area contributed by atoms with Crippen molar-refractivity contribution in [2.45, 2.75) is 105 Å². The van der Waals surface area contributed by atoms with Gasteiger partial charge < -0.3 is 20.3 Å². The van der Waals surface area contributed by atoms with Crippen molar-refractivity contribution in [2.75, 3.05) is 19.4 Å². The van der Waals surface area contributed by atoms with Crippen molar-refractivity contribution < 1.29 is 19.1 Å². The van der Waals surface area contributed by atoms with E-state index in [0.717, 1.165) is 12.2 Å². The number of urea groups is 1. The molecular weight excluding hydrogens is 462 g/mol. The second-order valence-corrected chi connectivity index (χ2v) is 15.7. The molecule has 0 radical (unpaired) electrons. The van der Waals surface area contributed by atoms with Crippen LogP contribution in [0.4, 0.5) is 4.79 Å². The van der Waals surface area contributed by atoms with Crippen molar-refractivity contribution in [1.82, 2.24) is 15.5 Å². The molecule has 2 unspecified atom stereocenters. The Bertz CT molecular complexity index is 814. The van der Waals surface area contributed by atoms with Gasteiger partial charge in [-0.3, -0.25) is 4.79 Å². The van der Waals surface area contributed by atoms with E-state index >= 15 is 0 Å². The van der Waals surface area contributed by atoms with Crippen LogP contribution in [0, 0.1) is 28.6 Å². The van der Waals surface area contributed by atoms with E-state index in [0.29, 0.717) is 12.5 Å². The van der Waals surface area contributed by atoms with Crippen LogP contribution in [0.1, 0.15) is 82.6 Å². The van der Waals surface area contributed by atoms with Crippen LogP contribution in [0.25, 0.3) is 0 Å². The van der Waals surface area contributed by atoms with Crippen LogP contribution in [0.2, 0.25) is 0 Å². The Morgan fingerprint density at radius 3 is 2.11 bits per heavy atom. The zero-order valence-electron chi connectivity index (χ0n) is 24.0. The summed E-state index contributed by atoms with van der Waals surface area (Å²) in [5.74, 6) is 0.941. The smallest absolute Gasteiger partial charge is 0.328 e. The van der Waals surface area contributed by atoms with Gasteiger partial charge in [0.15, 0.2) is 0 Å². The van der Waals surface area contributed by atoms with Gasteiger partial charge in [0.2, 0.25) is 5.91 Å². The van der Waals surface area contributed by atoms with Gasteiger partial charge in [-0.1, -0.05) is 69.2 Å². The van der Waals surface area contributed by atoms with Crippen LogP contribution in [0.15, 0.2) is 0 Å². The number of nitrogens with one attached hydrogen (secondary N) is 2. The topological polar surface area (TPSA) is 87.7 Å². The number of fused-ring (bicyclic) bond motifs is 1. The van der Waals surface area contributed by atoms with Gasteiger partial charge in [0, 0.05) is 28.5 Å². The molecule has 1 saturated heterocycles. The standard InChI is InChI=1S/C27H49N3O4S/c1-16(2)13-27(11,15-35-25(6,7)8)29-23(33)28-20(24(3,4)5)21(31)30-14-17-18(26(17,9)10)19(30)22(32)34-12/h16-20H,13-15H2,1-12H3,(H2,28,29,33)/t17?,18?,19-,20+,27-/m0/s1. The third-order valence-electron chi connectivity index (χ3n) is 7.42. The highest BCUT2D eigenvalue weighted by Gasteiger charge is 2.70. The minimum Gasteiger partial charge on any atom is -0.467 e. The van der Waals surface area contributed by atoms with Crippen LogP contribution >= 0.6 is 11.8 Å². The highest BCUT2D eigenvalue weighted by molar-refractivity contribution is 8.00. The molecule has 2 rings (SSSR count). The lowest BCUT2D eigenvalue weighted by molar-refractivity contribution is -0.154.